The van der Waals surface area contributed by atoms with E-state index in [1.807, 2.05) is 19.1 Å². The number of halogens is 1. The van der Waals surface area contributed by atoms with Crippen LogP contribution in [0.25, 0.3) is 10.9 Å². The molecule has 2 N–H and O–H groups in total. The topological polar surface area (TPSA) is 73.9 Å². The lowest BCUT2D eigenvalue weighted by molar-refractivity contribution is 0.299. The Morgan fingerprint density at radius 2 is 2.10 bits per heavy atom. The van der Waals surface area contributed by atoms with Crippen LogP contribution in [0.5, 0.6) is 5.75 Å². The van der Waals surface area contributed by atoms with Gasteiger partial charge in [-0.25, -0.2) is 9.97 Å². The monoisotopic (exact) mass is 300 g/mol. The van der Waals surface area contributed by atoms with E-state index in [1.54, 1.807) is 24.4 Å². The second-order valence-electron chi connectivity index (χ2n) is 4.58. The molecule has 21 heavy (non-hydrogen) atoms. The Balaban J connectivity index is 1.90. The SMILES string of the molecule is Cc1cc(N)nc(COc2ccc(Cl)c3cccnc23)n1. The lowest BCUT2D eigenvalue weighted by atomic mass is 10.2. The van der Waals surface area contributed by atoms with Crippen molar-refractivity contribution >= 4 is 28.3 Å². The minimum Gasteiger partial charge on any atom is -0.483 e. The average molecular weight is 301 g/mol. The molecule has 0 unspecified atom stereocenters. The van der Waals surface area contributed by atoms with Crippen molar-refractivity contribution in [2.24, 2.45) is 0 Å². The summed E-state index contributed by atoms with van der Waals surface area (Å²) in [6, 6.07) is 9.02. The van der Waals surface area contributed by atoms with Crippen LogP contribution in [0, 0.1) is 6.92 Å². The molecule has 0 saturated carbocycles. The molecule has 1 aromatic carbocycles. The van der Waals surface area contributed by atoms with Gasteiger partial charge in [0.25, 0.3) is 0 Å². The zero-order chi connectivity index (χ0) is 14.8. The van der Waals surface area contributed by atoms with Crippen LogP contribution in [0.3, 0.4) is 0 Å². The number of pyridine rings is 1. The van der Waals surface area contributed by atoms with Gasteiger partial charge in [0.05, 0.1) is 5.02 Å². The maximum absolute atomic E-state index is 6.15. The van der Waals surface area contributed by atoms with Crippen molar-refractivity contribution in [3.63, 3.8) is 0 Å². The summed E-state index contributed by atoms with van der Waals surface area (Å²) in [6.07, 6.45) is 1.70. The number of fused-ring (bicyclic) bond motifs is 1. The molecule has 0 aliphatic carbocycles. The first-order valence-corrected chi connectivity index (χ1v) is 6.77. The van der Waals surface area contributed by atoms with Gasteiger partial charge in [0.2, 0.25) is 0 Å². The van der Waals surface area contributed by atoms with Gasteiger partial charge in [-0.05, 0) is 31.2 Å². The van der Waals surface area contributed by atoms with E-state index in [2.05, 4.69) is 15.0 Å². The number of benzene rings is 1. The number of rotatable bonds is 3. The highest BCUT2D eigenvalue weighted by Crippen LogP contribution is 2.29. The molecule has 3 aromatic rings. The van der Waals surface area contributed by atoms with Gasteiger partial charge in [-0.3, -0.25) is 4.98 Å². The number of aryl methyl sites for hydroxylation is 1. The Kier molecular flexibility index (Phi) is 3.58. The van der Waals surface area contributed by atoms with Gasteiger partial charge in [0, 0.05) is 23.3 Å². The van der Waals surface area contributed by atoms with Crippen LogP contribution in [0.15, 0.2) is 36.5 Å². The number of ether oxygens (including phenoxy) is 1. The van der Waals surface area contributed by atoms with Gasteiger partial charge >= 0.3 is 0 Å². The molecule has 2 heterocycles. The van der Waals surface area contributed by atoms with E-state index in [9.17, 15) is 0 Å². The summed E-state index contributed by atoms with van der Waals surface area (Å²) in [5.41, 5.74) is 7.22. The molecule has 0 bridgehead atoms. The van der Waals surface area contributed by atoms with Gasteiger partial charge in [-0.1, -0.05) is 11.6 Å². The normalized spacial score (nSPS) is 10.8. The highest BCUT2D eigenvalue weighted by Gasteiger charge is 2.08. The molecule has 106 valence electrons. The fourth-order valence-corrected chi connectivity index (χ4v) is 2.31. The standard InChI is InChI=1S/C15H13ClN4O/c1-9-7-13(17)20-14(19-9)8-21-12-5-4-11(16)10-3-2-6-18-15(10)12/h2-7H,8H2,1H3,(H2,17,19,20). The largest absolute Gasteiger partial charge is 0.483 e. The molecule has 0 radical (unpaired) electrons. The van der Waals surface area contributed by atoms with Crippen molar-refractivity contribution < 1.29 is 4.74 Å². The molecule has 0 atom stereocenters. The number of hydrogen-bond donors (Lipinski definition) is 1. The number of nitrogens with two attached hydrogens (primary N) is 1. The summed E-state index contributed by atoms with van der Waals surface area (Å²) < 4.78 is 5.77. The van der Waals surface area contributed by atoms with Crippen molar-refractivity contribution in [2.45, 2.75) is 13.5 Å². The van der Waals surface area contributed by atoms with E-state index in [0.717, 1.165) is 11.1 Å². The van der Waals surface area contributed by atoms with Crippen LogP contribution in [0.2, 0.25) is 5.02 Å². The Hall–Kier alpha value is -2.40. The van der Waals surface area contributed by atoms with Crippen molar-refractivity contribution in [1.82, 2.24) is 15.0 Å². The zero-order valence-electron chi connectivity index (χ0n) is 11.4. The molecular formula is C15H13ClN4O. The van der Waals surface area contributed by atoms with E-state index < -0.39 is 0 Å². The second-order valence-corrected chi connectivity index (χ2v) is 4.99. The molecule has 0 spiro atoms. The summed E-state index contributed by atoms with van der Waals surface area (Å²) in [6.45, 7) is 2.08. The first-order valence-electron chi connectivity index (χ1n) is 6.39. The molecular weight excluding hydrogens is 288 g/mol. The predicted molar refractivity (Wildman–Crippen MR) is 82.3 cm³/mol. The lowest BCUT2D eigenvalue weighted by Gasteiger charge is -2.09. The third-order valence-corrected chi connectivity index (χ3v) is 3.29. The minimum atomic E-state index is 0.221. The summed E-state index contributed by atoms with van der Waals surface area (Å²) in [5.74, 6) is 1.60. The van der Waals surface area contributed by atoms with Crippen molar-refractivity contribution in [2.75, 3.05) is 5.73 Å². The number of hydrogen-bond acceptors (Lipinski definition) is 5. The van der Waals surface area contributed by atoms with Crippen LogP contribution in [0.1, 0.15) is 11.5 Å². The van der Waals surface area contributed by atoms with E-state index >= 15 is 0 Å². The van der Waals surface area contributed by atoms with Crippen LogP contribution in [0.4, 0.5) is 5.82 Å². The third kappa shape index (κ3) is 2.87. The summed E-state index contributed by atoms with van der Waals surface area (Å²) in [5, 5.41) is 1.49. The Labute approximate surface area is 126 Å². The van der Waals surface area contributed by atoms with Crippen LogP contribution in [-0.4, -0.2) is 15.0 Å². The van der Waals surface area contributed by atoms with Gasteiger partial charge < -0.3 is 10.5 Å². The van der Waals surface area contributed by atoms with E-state index in [1.165, 1.54) is 0 Å². The number of nitrogens with zero attached hydrogens (tertiary/aromatic N) is 3. The first-order chi connectivity index (χ1) is 10.1. The Morgan fingerprint density at radius 3 is 2.90 bits per heavy atom. The second kappa shape index (κ2) is 5.54. The van der Waals surface area contributed by atoms with Crippen molar-refractivity contribution in [3.8, 4) is 5.75 Å². The number of aromatic nitrogens is 3. The summed E-state index contributed by atoms with van der Waals surface area (Å²) in [7, 11) is 0. The van der Waals surface area contributed by atoms with E-state index in [0.29, 0.717) is 27.9 Å². The fraction of sp³-hybridized carbons (Fsp3) is 0.133. The maximum Gasteiger partial charge on any atom is 0.168 e. The van der Waals surface area contributed by atoms with Crippen LogP contribution in [-0.2, 0) is 6.61 Å². The van der Waals surface area contributed by atoms with Crippen LogP contribution >= 0.6 is 11.6 Å². The molecule has 0 fully saturated rings. The van der Waals surface area contributed by atoms with E-state index in [4.69, 9.17) is 22.1 Å². The minimum absolute atomic E-state index is 0.221. The summed E-state index contributed by atoms with van der Waals surface area (Å²) >= 11 is 6.15. The molecule has 5 nitrogen and oxygen atoms in total. The van der Waals surface area contributed by atoms with Crippen molar-refractivity contribution in [3.05, 3.63) is 53.1 Å². The van der Waals surface area contributed by atoms with Gasteiger partial charge in [-0.2, -0.15) is 0 Å². The molecule has 0 aliphatic rings. The summed E-state index contributed by atoms with van der Waals surface area (Å²) in [4.78, 5) is 12.7. The quantitative estimate of drug-likeness (QED) is 0.804. The smallest absolute Gasteiger partial charge is 0.168 e. The molecule has 2 aromatic heterocycles. The van der Waals surface area contributed by atoms with E-state index in [-0.39, 0.29) is 6.61 Å². The van der Waals surface area contributed by atoms with Gasteiger partial charge in [0.15, 0.2) is 5.82 Å². The molecule has 0 amide bonds. The third-order valence-electron chi connectivity index (χ3n) is 2.96. The number of nitrogen functional groups attached to an aromatic ring is 1. The van der Waals surface area contributed by atoms with Gasteiger partial charge in [-0.15, -0.1) is 0 Å². The Morgan fingerprint density at radius 1 is 1.24 bits per heavy atom. The highest BCUT2D eigenvalue weighted by molar-refractivity contribution is 6.35. The fourth-order valence-electron chi connectivity index (χ4n) is 2.09. The first kappa shape index (κ1) is 13.6. The highest BCUT2D eigenvalue weighted by atomic mass is 35.5. The molecule has 3 rings (SSSR count). The number of anilines is 1. The lowest BCUT2D eigenvalue weighted by Crippen LogP contribution is -2.05. The average Bonchev–Trinajstić information content (AvgIpc) is 2.46. The molecule has 6 heteroatoms. The molecule has 0 saturated heterocycles. The van der Waals surface area contributed by atoms with Crippen molar-refractivity contribution in [1.29, 1.82) is 0 Å². The van der Waals surface area contributed by atoms with Gasteiger partial charge in [0.1, 0.15) is 23.7 Å². The zero-order valence-corrected chi connectivity index (χ0v) is 12.1. The maximum atomic E-state index is 6.15. The Bertz CT molecular complexity index is 787. The van der Waals surface area contributed by atoms with Crippen LogP contribution < -0.4 is 10.5 Å². The molecule has 0 aliphatic heterocycles. The predicted octanol–water partition coefficient (Wildman–Crippen LogP) is 3.15.